The van der Waals surface area contributed by atoms with E-state index in [-0.39, 0.29) is 16.7 Å². The first kappa shape index (κ1) is 17.5. The van der Waals surface area contributed by atoms with Crippen LogP contribution in [0, 0.1) is 5.92 Å². The molecule has 3 heteroatoms. The van der Waals surface area contributed by atoms with E-state index < -0.39 is 0 Å². The van der Waals surface area contributed by atoms with Gasteiger partial charge in [-0.3, -0.25) is 4.79 Å². The molecular weight excluding hydrogens is 350 g/mol. The summed E-state index contributed by atoms with van der Waals surface area (Å²) >= 11 is 3.51. The number of hydrogen-bond acceptors (Lipinski definition) is 1. The van der Waals surface area contributed by atoms with Crippen LogP contribution in [0.3, 0.4) is 0 Å². The third-order valence-corrected chi connectivity index (χ3v) is 4.30. The number of halogens is 1. The first-order valence-corrected chi connectivity index (χ1v) is 8.71. The summed E-state index contributed by atoms with van der Waals surface area (Å²) in [6, 6.07) is 0. The molecule has 1 N–H and O–H groups in total. The van der Waals surface area contributed by atoms with Gasteiger partial charge in [-0.15, -0.1) is 5.73 Å². The average molecular weight is 372 g/mol. The summed E-state index contributed by atoms with van der Waals surface area (Å²) in [6.45, 7) is 4.71. The van der Waals surface area contributed by atoms with Crippen LogP contribution in [0.1, 0.15) is 20.3 Å². The minimum absolute atomic E-state index is 0.0461. The molecule has 2 nitrogen and oxygen atoms in total. The molecule has 0 fully saturated rings. The van der Waals surface area contributed by atoms with E-state index in [9.17, 15) is 4.79 Å². The van der Waals surface area contributed by atoms with Gasteiger partial charge in [0.15, 0.2) is 0 Å². The standard InChI is InChI=1S/C20H22BrNO/c1-15-6-3-4-8-17(12-15)14-22-20(23)13-18-10-11-19(21)9-5-7-16(18)2/h3-4,6-12,17,19H,13-14H2,1-2H3,(H,22,23)/b11-10?,18-16+. The monoisotopic (exact) mass is 371 g/mol. The smallest absolute Gasteiger partial charge is 0.224 e. The van der Waals surface area contributed by atoms with E-state index in [0.29, 0.717) is 13.0 Å². The van der Waals surface area contributed by atoms with Gasteiger partial charge < -0.3 is 5.32 Å². The van der Waals surface area contributed by atoms with Crippen molar-refractivity contribution in [3.05, 3.63) is 77.1 Å². The molecule has 0 saturated carbocycles. The van der Waals surface area contributed by atoms with Gasteiger partial charge in [0, 0.05) is 12.5 Å². The van der Waals surface area contributed by atoms with Crippen LogP contribution in [0.5, 0.6) is 0 Å². The SMILES string of the molecule is CC1=CC(CNC(=O)C/C2=C(\C)C=C=CC(Br)C=C2)C=CC=C1. The molecule has 2 aliphatic carbocycles. The lowest BCUT2D eigenvalue weighted by Crippen LogP contribution is -2.28. The number of rotatable bonds is 4. The van der Waals surface area contributed by atoms with E-state index in [1.165, 1.54) is 5.57 Å². The normalized spacial score (nSPS) is 26.5. The molecule has 2 rings (SSSR count). The molecule has 1 amide bonds. The number of alkyl halides is 1. The molecule has 2 atom stereocenters. The maximum atomic E-state index is 12.3. The molecule has 2 aliphatic rings. The lowest BCUT2D eigenvalue weighted by atomic mass is 10.0. The highest BCUT2D eigenvalue weighted by Gasteiger charge is 2.10. The number of hydrogen-bond donors (Lipinski definition) is 1. The lowest BCUT2D eigenvalue weighted by molar-refractivity contribution is -0.120. The summed E-state index contributed by atoms with van der Waals surface area (Å²) in [5, 5.41) is 3.03. The Morgan fingerprint density at radius 2 is 2.09 bits per heavy atom. The number of carbonyl (C=O) groups excluding carboxylic acids is 1. The van der Waals surface area contributed by atoms with Crippen molar-refractivity contribution in [2.75, 3.05) is 6.54 Å². The van der Waals surface area contributed by atoms with Crippen molar-refractivity contribution in [2.24, 2.45) is 5.92 Å². The van der Waals surface area contributed by atoms with Gasteiger partial charge in [-0.25, -0.2) is 0 Å². The Labute approximate surface area is 146 Å². The van der Waals surface area contributed by atoms with Crippen LogP contribution in [-0.2, 0) is 4.79 Å². The fourth-order valence-corrected chi connectivity index (χ4v) is 2.71. The highest BCUT2D eigenvalue weighted by molar-refractivity contribution is 9.09. The number of carbonyl (C=O) groups is 1. The molecule has 0 heterocycles. The fourth-order valence-electron chi connectivity index (χ4n) is 2.41. The molecule has 0 bridgehead atoms. The average Bonchev–Trinajstić information content (AvgIpc) is 2.72. The minimum Gasteiger partial charge on any atom is -0.355 e. The first-order valence-electron chi connectivity index (χ1n) is 7.79. The second-order valence-electron chi connectivity index (χ2n) is 5.79. The molecule has 0 saturated heterocycles. The molecular formula is C20H22BrNO. The van der Waals surface area contributed by atoms with Crippen molar-refractivity contribution in [2.45, 2.75) is 25.1 Å². The van der Waals surface area contributed by atoms with E-state index >= 15 is 0 Å². The summed E-state index contributed by atoms with van der Waals surface area (Å²) < 4.78 is 0. The van der Waals surface area contributed by atoms with Gasteiger partial charge in [0.05, 0.1) is 11.2 Å². The molecule has 0 aromatic carbocycles. The van der Waals surface area contributed by atoms with E-state index in [2.05, 4.69) is 52.1 Å². The molecule has 0 spiro atoms. The summed E-state index contributed by atoms with van der Waals surface area (Å²) in [5.74, 6) is 0.288. The van der Waals surface area contributed by atoms with Crippen molar-refractivity contribution >= 4 is 21.8 Å². The third-order valence-electron chi connectivity index (χ3n) is 3.73. The van der Waals surface area contributed by atoms with Crippen molar-refractivity contribution in [3.63, 3.8) is 0 Å². The van der Waals surface area contributed by atoms with Crippen LogP contribution in [0.15, 0.2) is 77.1 Å². The van der Waals surface area contributed by atoms with Crippen molar-refractivity contribution in [3.8, 4) is 0 Å². The zero-order chi connectivity index (χ0) is 16.7. The number of allylic oxidation sites excluding steroid dienone is 8. The van der Waals surface area contributed by atoms with Gasteiger partial charge in [0.1, 0.15) is 0 Å². The highest BCUT2D eigenvalue weighted by atomic mass is 79.9. The van der Waals surface area contributed by atoms with E-state index in [4.69, 9.17) is 0 Å². The summed E-state index contributed by atoms with van der Waals surface area (Å²) in [6.07, 6.45) is 18.7. The lowest BCUT2D eigenvalue weighted by Gasteiger charge is -2.12. The predicted octanol–water partition coefficient (Wildman–Crippen LogP) is 4.54. The van der Waals surface area contributed by atoms with Crippen LogP contribution in [0.4, 0.5) is 0 Å². The minimum atomic E-state index is 0.0461. The Morgan fingerprint density at radius 3 is 2.91 bits per heavy atom. The number of nitrogens with one attached hydrogen (secondary N) is 1. The fraction of sp³-hybridized carbons (Fsp3) is 0.300. The predicted molar refractivity (Wildman–Crippen MR) is 100 cm³/mol. The largest absolute Gasteiger partial charge is 0.355 e. The topological polar surface area (TPSA) is 29.1 Å². The molecule has 23 heavy (non-hydrogen) atoms. The van der Waals surface area contributed by atoms with Crippen molar-refractivity contribution < 1.29 is 4.79 Å². The van der Waals surface area contributed by atoms with E-state index in [0.717, 1.165) is 11.1 Å². The van der Waals surface area contributed by atoms with Gasteiger partial charge in [-0.2, -0.15) is 0 Å². The zero-order valence-corrected chi connectivity index (χ0v) is 15.1. The first-order chi connectivity index (χ1) is 11.0. The van der Waals surface area contributed by atoms with E-state index in [1.807, 2.05) is 43.4 Å². The highest BCUT2D eigenvalue weighted by Crippen LogP contribution is 2.16. The van der Waals surface area contributed by atoms with Gasteiger partial charge in [-0.1, -0.05) is 64.0 Å². The Bertz CT molecular complexity index is 670. The van der Waals surface area contributed by atoms with Crippen molar-refractivity contribution in [1.29, 1.82) is 0 Å². The Hall–Kier alpha value is -1.83. The summed E-state index contributed by atoms with van der Waals surface area (Å²) in [5.41, 5.74) is 6.44. The Morgan fingerprint density at radius 1 is 1.26 bits per heavy atom. The second-order valence-corrected chi connectivity index (χ2v) is 6.85. The molecule has 0 aromatic heterocycles. The van der Waals surface area contributed by atoms with E-state index in [1.54, 1.807) is 0 Å². The van der Waals surface area contributed by atoms with Crippen LogP contribution in [0.2, 0.25) is 0 Å². The molecule has 2 unspecified atom stereocenters. The van der Waals surface area contributed by atoms with Crippen LogP contribution in [-0.4, -0.2) is 17.3 Å². The van der Waals surface area contributed by atoms with Crippen LogP contribution < -0.4 is 5.32 Å². The Balaban J connectivity index is 1.94. The number of amides is 1. The van der Waals surface area contributed by atoms with Gasteiger partial charge >= 0.3 is 0 Å². The van der Waals surface area contributed by atoms with Crippen LogP contribution >= 0.6 is 15.9 Å². The molecule has 0 aliphatic heterocycles. The van der Waals surface area contributed by atoms with Crippen LogP contribution in [0.25, 0.3) is 0 Å². The molecule has 0 radical (unpaired) electrons. The summed E-state index contributed by atoms with van der Waals surface area (Å²) in [4.78, 5) is 12.4. The van der Waals surface area contributed by atoms with Gasteiger partial charge in [0.25, 0.3) is 0 Å². The zero-order valence-electron chi connectivity index (χ0n) is 13.6. The second kappa shape index (κ2) is 8.71. The molecule has 0 aromatic rings. The third kappa shape index (κ3) is 6.05. The molecule has 120 valence electrons. The summed E-state index contributed by atoms with van der Waals surface area (Å²) in [7, 11) is 0. The van der Waals surface area contributed by atoms with Gasteiger partial charge in [0.2, 0.25) is 5.91 Å². The maximum Gasteiger partial charge on any atom is 0.224 e. The quantitative estimate of drug-likeness (QED) is 0.570. The van der Waals surface area contributed by atoms with Gasteiger partial charge in [-0.05, 0) is 37.1 Å². The maximum absolute atomic E-state index is 12.3. The Kier molecular flexibility index (Phi) is 6.64. The van der Waals surface area contributed by atoms with Crippen molar-refractivity contribution in [1.82, 2.24) is 5.32 Å².